The van der Waals surface area contributed by atoms with E-state index in [1.807, 2.05) is 0 Å². The summed E-state index contributed by atoms with van der Waals surface area (Å²) in [5.41, 5.74) is 1.54. The number of phenols is 1. The van der Waals surface area contributed by atoms with Crippen molar-refractivity contribution in [3.8, 4) is 17.0 Å². The summed E-state index contributed by atoms with van der Waals surface area (Å²) in [5, 5.41) is 20.3. The molecule has 0 aliphatic rings. The minimum absolute atomic E-state index is 0.0896. The van der Waals surface area contributed by atoms with Crippen molar-refractivity contribution in [3.63, 3.8) is 0 Å². The molecule has 24 heavy (non-hydrogen) atoms. The number of hydrogen-bond donors (Lipinski definition) is 3. The highest BCUT2D eigenvalue weighted by Crippen LogP contribution is 2.30. The Balaban J connectivity index is 1.85. The summed E-state index contributed by atoms with van der Waals surface area (Å²) in [6.45, 7) is 0. The summed E-state index contributed by atoms with van der Waals surface area (Å²) in [5.74, 6) is -0.565. The summed E-state index contributed by atoms with van der Waals surface area (Å²) in [6, 6.07) is 10.9. The van der Waals surface area contributed by atoms with Gasteiger partial charge in [-0.25, -0.2) is 0 Å². The number of hydrogen-bond acceptors (Lipinski definition) is 3. The van der Waals surface area contributed by atoms with E-state index in [0.29, 0.717) is 26.3 Å². The van der Waals surface area contributed by atoms with E-state index >= 15 is 0 Å². The Kier molecular flexibility index (Phi) is 4.66. The average Bonchev–Trinajstić information content (AvgIpc) is 3.00. The van der Waals surface area contributed by atoms with Crippen LogP contribution in [0.4, 0.5) is 5.69 Å². The number of aromatic amines is 1. The quantitative estimate of drug-likeness (QED) is 0.558. The molecule has 2 aromatic carbocycles. The Hall–Kier alpha value is -2.21. The largest absolute Gasteiger partial charge is 0.506 e. The molecule has 0 unspecified atom stereocenters. The number of aromatic nitrogens is 2. The van der Waals surface area contributed by atoms with Gasteiger partial charge in [-0.05, 0) is 42.5 Å². The van der Waals surface area contributed by atoms with E-state index in [2.05, 4.69) is 15.5 Å². The van der Waals surface area contributed by atoms with Crippen LogP contribution in [0.3, 0.4) is 0 Å². The molecular weight excluding hydrogens is 373 g/mol. The van der Waals surface area contributed by atoms with Gasteiger partial charge in [0.2, 0.25) is 0 Å². The van der Waals surface area contributed by atoms with E-state index in [4.69, 9.17) is 34.8 Å². The predicted molar refractivity (Wildman–Crippen MR) is 95.1 cm³/mol. The number of anilines is 1. The van der Waals surface area contributed by atoms with Crippen molar-refractivity contribution in [3.05, 3.63) is 63.2 Å². The molecule has 0 bridgehead atoms. The number of phenolic OH excluding ortho intramolecular Hbond substituents is 1. The molecule has 0 spiro atoms. The van der Waals surface area contributed by atoms with Crippen LogP contribution in [0.5, 0.6) is 5.75 Å². The van der Waals surface area contributed by atoms with E-state index in [0.717, 1.165) is 0 Å². The molecule has 0 fully saturated rings. The minimum atomic E-state index is -0.476. The number of amides is 1. The van der Waals surface area contributed by atoms with Crippen LogP contribution in [0.2, 0.25) is 15.1 Å². The standard InChI is InChI=1S/C16H10Cl3N3O2/c17-8-1-3-10(11(19)5-8)12-7-14(22-21-12)16(24)20-13-6-9(18)2-4-15(13)23/h1-7,23H,(H,20,24)(H,21,22). The molecule has 3 N–H and O–H groups in total. The van der Waals surface area contributed by atoms with E-state index in [-0.39, 0.29) is 17.1 Å². The summed E-state index contributed by atoms with van der Waals surface area (Å²) in [7, 11) is 0. The highest BCUT2D eigenvalue weighted by molar-refractivity contribution is 6.36. The molecule has 5 nitrogen and oxygen atoms in total. The van der Waals surface area contributed by atoms with Crippen LogP contribution < -0.4 is 5.32 Å². The number of benzene rings is 2. The highest BCUT2D eigenvalue weighted by Gasteiger charge is 2.15. The van der Waals surface area contributed by atoms with Crippen LogP contribution in [0.15, 0.2) is 42.5 Å². The first-order valence-corrected chi connectivity index (χ1v) is 7.88. The molecule has 0 saturated heterocycles. The average molecular weight is 383 g/mol. The number of carbonyl (C=O) groups is 1. The molecule has 122 valence electrons. The molecule has 1 aromatic heterocycles. The van der Waals surface area contributed by atoms with Gasteiger partial charge in [-0.2, -0.15) is 5.10 Å². The van der Waals surface area contributed by atoms with Crippen molar-refractivity contribution in [2.45, 2.75) is 0 Å². The SMILES string of the molecule is O=C(Nc1cc(Cl)ccc1O)c1cc(-c2ccc(Cl)cc2Cl)n[nH]1. The molecular formula is C16H10Cl3N3O2. The molecule has 1 amide bonds. The summed E-state index contributed by atoms with van der Waals surface area (Å²) >= 11 is 17.9. The normalized spacial score (nSPS) is 10.6. The van der Waals surface area contributed by atoms with E-state index in [1.165, 1.54) is 18.2 Å². The maximum absolute atomic E-state index is 12.3. The number of halogens is 3. The van der Waals surface area contributed by atoms with Gasteiger partial charge in [-0.3, -0.25) is 9.89 Å². The second-order valence-corrected chi connectivity index (χ2v) is 6.19. The third-order valence-electron chi connectivity index (χ3n) is 3.24. The number of nitrogens with zero attached hydrogens (tertiary/aromatic N) is 1. The second kappa shape index (κ2) is 6.73. The van der Waals surface area contributed by atoms with Crippen LogP contribution >= 0.6 is 34.8 Å². The zero-order chi connectivity index (χ0) is 17.3. The highest BCUT2D eigenvalue weighted by atomic mass is 35.5. The molecule has 0 atom stereocenters. The van der Waals surface area contributed by atoms with Gasteiger partial charge in [0.05, 0.1) is 16.4 Å². The van der Waals surface area contributed by atoms with Crippen molar-refractivity contribution < 1.29 is 9.90 Å². The fourth-order valence-electron chi connectivity index (χ4n) is 2.07. The van der Waals surface area contributed by atoms with Crippen LogP contribution in [0.25, 0.3) is 11.3 Å². The zero-order valence-electron chi connectivity index (χ0n) is 12.0. The third kappa shape index (κ3) is 3.48. The summed E-state index contributed by atoms with van der Waals surface area (Å²) < 4.78 is 0. The van der Waals surface area contributed by atoms with Crippen LogP contribution in [-0.4, -0.2) is 21.2 Å². The van der Waals surface area contributed by atoms with E-state index < -0.39 is 5.91 Å². The molecule has 0 aliphatic heterocycles. The van der Waals surface area contributed by atoms with Gasteiger partial charge in [-0.15, -0.1) is 0 Å². The van der Waals surface area contributed by atoms with Gasteiger partial charge in [0, 0.05) is 15.6 Å². The third-order valence-corrected chi connectivity index (χ3v) is 4.02. The fraction of sp³-hybridized carbons (Fsp3) is 0. The molecule has 0 saturated carbocycles. The number of aromatic hydroxyl groups is 1. The van der Waals surface area contributed by atoms with Gasteiger partial charge < -0.3 is 10.4 Å². The van der Waals surface area contributed by atoms with Gasteiger partial charge in [0.25, 0.3) is 5.91 Å². The summed E-state index contributed by atoms with van der Waals surface area (Å²) in [4.78, 5) is 12.3. The lowest BCUT2D eigenvalue weighted by Crippen LogP contribution is -2.12. The predicted octanol–water partition coefficient (Wildman–Crippen LogP) is 4.99. The van der Waals surface area contributed by atoms with Gasteiger partial charge in [-0.1, -0.05) is 34.8 Å². The topological polar surface area (TPSA) is 78.0 Å². The van der Waals surface area contributed by atoms with Crippen molar-refractivity contribution in [1.82, 2.24) is 10.2 Å². The van der Waals surface area contributed by atoms with Crippen LogP contribution in [0, 0.1) is 0 Å². The van der Waals surface area contributed by atoms with Gasteiger partial charge in [0.1, 0.15) is 11.4 Å². The number of nitrogens with one attached hydrogen (secondary N) is 2. The second-order valence-electron chi connectivity index (χ2n) is 4.91. The number of rotatable bonds is 3. The first-order valence-electron chi connectivity index (χ1n) is 6.75. The smallest absolute Gasteiger partial charge is 0.273 e. The Morgan fingerprint density at radius 3 is 2.50 bits per heavy atom. The van der Waals surface area contributed by atoms with Crippen molar-refractivity contribution in [1.29, 1.82) is 0 Å². The van der Waals surface area contributed by atoms with Gasteiger partial charge in [0.15, 0.2) is 0 Å². The first-order chi connectivity index (χ1) is 11.4. The molecule has 3 rings (SSSR count). The van der Waals surface area contributed by atoms with Crippen LogP contribution in [0.1, 0.15) is 10.5 Å². The first kappa shape index (κ1) is 16.6. The van der Waals surface area contributed by atoms with Gasteiger partial charge >= 0.3 is 0 Å². The fourth-order valence-corrected chi connectivity index (χ4v) is 2.75. The molecule has 1 heterocycles. The van der Waals surface area contributed by atoms with E-state index in [1.54, 1.807) is 24.3 Å². The van der Waals surface area contributed by atoms with Crippen molar-refractivity contribution in [2.75, 3.05) is 5.32 Å². The lowest BCUT2D eigenvalue weighted by Gasteiger charge is -2.06. The summed E-state index contributed by atoms with van der Waals surface area (Å²) in [6.07, 6.45) is 0. The Morgan fingerprint density at radius 1 is 1.04 bits per heavy atom. The Labute approximate surface area is 152 Å². The zero-order valence-corrected chi connectivity index (χ0v) is 14.2. The lowest BCUT2D eigenvalue weighted by molar-refractivity contribution is 0.102. The number of carbonyl (C=O) groups excluding carboxylic acids is 1. The van der Waals surface area contributed by atoms with Crippen molar-refractivity contribution >= 4 is 46.4 Å². The Morgan fingerprint density at radius 2 is 1.75 bits per heavy atom. The molecule has 8 heteroatoms. The van der Waals surface area contributed by atoms with Crippen LogP contribution in [-0.2, 0) is 0 Å². The maximum Gasteiger partial charge on any atom is 0.273 e. The number of H-pyrrole nitrogens is 1. The molecule has 0 aliphatic carbocycles. The molecule has 0 radical (unpaired) electrons. The monoisotopic (exact) mass is 381 g/mol. The van der Waals surface area contributed by atoms with E-state index in [9.17, 15) is 9.90 Å². The van der Waals surface area contributed by atoms with Crippen molar-refractivity contribution in [2.24, 2.45) is 0 Å². The Bertz CT molecular complexity index is 925. The molecule has 3 aromatic rings. The minimum Gasteiger partial charge on any atom is -0.506 e. The maximum atomic E-state index is 12.3. The lowest BCUT2D eigenvalue weighted by atomic mass is 10.1.